The summed E-state index contributed by atoms with van der Waals surface area (Å²) in [7, 11) is -4.08. The highest BCUT2D eigenvalue weighted by Gasteiger charge is 2.24. The molecule has 168 valence electrons. The van der Waals surface area contributed by atoms with Crippen LogP contribution in [0.15, 0.2) is 35.2 Å². The fourth-order valence-electron chi connectivity index (χ4n) is 3.85. The maximum atomic E-state index is 13.1. The number of non-ortho nitro benzene ring substituents is 1. The molecule has 11 heteroatoms. The summed E-state index contributed by atoms with van der Waals surface area (Å²) in [6, 6.07) is 7.18. The number of halogens is 1. The number of fused-ring (bicyclic) bond motifs is 1. The van der Waals surface area contributed by atoms with Crippen LogP contribution >= 0.6 is 11.6 Å². The highest BCUT2D eigenvalue weighted by Crippen LogP contribution is 2.33. The lowest BCUT2D eigenvalue weighted by atomic mass is 10.1. The first-order valence-electron chi connectivity index (χ1n) is 10.2. The smallest absolute Gasteiger partial charge is 0.271 e. The number of nitro benzene ring substituents is 1. The van der Waals surface area contributed by atoms with E-state index >= 15 is 0 Å². The van der Waals surface area contributed by atoms with Crippen molar-refractivity contribution in [3.63, 3.8) is 0 Å². The van der Waals surface area contributed by atoms with E-state index in [9.17, 15) is 18.5 Å². The van der Waals surface area contributed by atoms with Crippen LogP contribution in [0.2, 0.25) is 5.02 Å². The van der Waals surface area contributed by atoms with Gasteiger partial charge in [-0.3, -0.25) is 14.8 Å². The number of aryl methyl sites for hydroxylation is 2. The van der Waals surface area contributed by atoms with Gasteiger partial charge in [0.1, 0.15) is 5.82 Å². The van der Waals surface area contributed by atoms with Crippen LogP contribution < -0.4 is 4.72 Å². The van der Waals surface area contributed by atoms with E-state index in [4.69, 9.17) is 11.6 Å². The zero-order valence-corrected chi connectivity index (χ0v) is 19.2. The highest BCUT2D eigenvalue weighted by atomic mass is 35.5. The molecule has 1 aromatic heterocycles. The molecule has 0 saturated carbocycles. The minimum atomic E-state index is -4.08. The number of anilines is 1. The number of sulfonamides is 1. The van der Waals surface area contributed by atoms with Gasteiger partial charge in [-0.25, -0.2) is 8.42 Å². The average molecular weight is 476 g/mol. The van der Waals surface area contributed by atoms with Gasteiger partial charge in [0.05, 0.1) is 14.8 Å². The lowest BCUT2D eigenvalue weighted by molar-refractivity contribution is -0.385. The molecule has 2 heterocycles. The molecule has 0 fully saturated rings. The standard InChI is InChI=1S/C21H22ClN5O4S/c1-13-10-16(27(28)29)12-19(14(13)2)32(30,31)25-15-7-8-18(22)17(11-15)21-24-23-20-6-4-3-5-9-26(20)21/h7-8,10-12,25H,3-6,9H2,1-2H3. The third-order valence-corrected chi connectivity index (χ3v) is 7.51. The summed E-state index contributed by atoms with van der Waals surface area (Å²) in [5.74, 6) is 1.48. The van der Waals surface area contributed by atoms with Gasteiger partial charge in [0.15, 0.2) is 5.82 Å². The zero-order chi connectivity index (χ0) is 23.0. The molecule has 3 aromatic rings. The molecule has 0 amide bonds. The van der Waals surface area contributed by atoms with E-state index in [1.165, 1.54) is 6.07 Å². The molecule has 0 atom stereocenters. The molecule has 0 spiro atoms. The monoisotopic (exact) mass is 475 g/mol. The number of benzene rings is 2. The van der Waals surface area contributed by atoms with Crippen molar-refractivity contribution in [2.75, 3.05) is 4.72 Å². The Kier molecular flexibility index (Phi) is 5.91. The van der Waals surface area contributed by atoms with Gasteiger partial charge < -0.3 is 4.57 Å². The van der Waals surface area contributed by atoms with E-state index in [2.05, 4.69) is 14.9 Å². The maximum absolute atomic E-state index is 13.1. The van der Waals surface area contributed by atoms with Crippen molar-refractivity contribution in [3.8, 4) is 11.4 Å². The second kappa shape index (κ2) is 8.51. The lowest BCUT2D eigenvalue weighted by Crippen LogP contribution is -2.15. The first-order valence-corrected chi connectivity index (χ1v) is 12.0. The third kappa shape index (κ3) is 4.20. The van der Waals surface area contributed by atoms with Crippen LogP contribution in [0.5, 0.6) is 0 Å². The summed E-state index contributed by atoms with van der Waals surface area (Å²) >= 11 is 6.43. The Morgan fingerprint density at radius 2 is 1.91 bits per heavy atom. The van der Waals surface area contributed by atoms with Crippen LogP contribution in [0.3, 0.4) is 0 Å². The van der Waals surface area contributed by atoms with Crippen LogP contribution in [-0.4, -0.2) is 28.1 Å². The van der Waals surface area contributed by atoms with Gasteiger partial charge in [-0.05, 0) is 56.0 Å². The average Bonchev–Trinajstić information content (AvgIpc) is 2.98. The lowest BCUT2D eigenvalue weighted by Gasteiger charge is -2.14. The molecular formula is C21H22ClN5O4S. The minimum Gasteiger partial charge on any atom is -0.311 e. The van der Waals surface area contributed by atoms with Crippen molar-refractivity contribution in [1.29, 1.82) is 0 Å². The SMILES string of the molecule is Cc1cc([N+](=O)[O-])cc(S(=O)(=O)Nc2ccc(Cl)c(-c3nnc4n3CCCCC4)c2)c1C. The number of nitrogens with one attached hydrogen (secondary N) is 1. The predicted molar refractivity (Wildman–Crippen MR) is 121 cm³/mol. The van der Waals surface area contributed by atoms with E-state index in [0.717, 1.165) is 44.1 Å². The molecule has 0 saturated heterocycles. The number of nitrogens with zero attached hydrogens (tertiary/aromatic N) is 4. The second-order valence-electron chi connectivity index (χ2n) is 7.85. The normalized spacial score (nSPS) is 14.0. The van der Waals surface area contributed by atoms with Crippen LogP contribution in [0.4, 0.5) is 11.4 Å². The third-order valence-electron chi connectivity index (χ3n) is 5.67. The molecule has 0 bridgehead atoms. The largest absolute Gasteiger partial charge is 0.311 e. The van der Waals surface area contributed by atoms with Gasteiger partial charge >= 0.3 is 0 Å². The minimum absolute atomic E-state index is 0.142. The van der Waals surface area contributed by atoms with Gasteiger partial charge in [0.2, 0.25) is 0 Å². The van der Waals surface area contributed by atoms with Crippen molar-refractivity contribution in [2.45, 2.75) is 51.0 Å². The van der Waals surface area contributed by atoms with E-state index in [1.54, 1.807) is 32.0 Å². The van der Waals surface area contributed by atoms with Crippen molar-refractivity contribution in [3.05, 3.63) is 62.4 Å². The summed E-state index contributed by atoms with van der Waals surface area (Å²) in [5.41, 5.74) is 1.53. The van der Waals surface area contributed by atoms with Crippen molar-refractivity contribution in [1.82, 2.24) is 14.8 Å². The molecule has 0 unspecified atom stereocenters. The van der Waals surface area contributed by atoms with E-state index in [-0.39, 0.29) is 16.3 Å². The fraction of sp³-hybridized carbons (Fsp3) is 0.333. The van der Waals surface area contributed by atoms with Crippen LogP contribution in [0, 0.1) is 24.0 Å². The molecule has 4 rings (SSSR count). The van der Waals surface area contributed by atoms with Gasteiger partial charge in [0, 0.05) is 36.3 Å². The van der Waals surface area contributed by atoms with Crippen LogP contribution in [0.1, 0.15) is 36.2 Å². The van der Waals surface area contributed by atoms with Crippen molar-refractivity contribution >= 4 is 33.0 Å². The summed E-state index contributed by atoms with van der Waals surface area (Å²) in [6.07, 6.45) is 4.00. The van der Waals surface area contributed by atoms with Crippen LogP contribution in [0.25, 0.3) is 11.4 Å². The summed E-state index contributed by atoms with van der Waals surface area (Å²) < 4.78 is 30.8. The van der Waals surface area contributed by atoms with Crippen molar-refractivity contribution in [2.24, 2.45) is 0 Å². The van der Waals surface area contributed by atoms with E-state index in [0.29, 0.717) is 27.5 Å². The number of nitro groups is 1. The molecule has 2 aromatic carbocycles. The topological polar surface area (TPSA) is 120 Å². The number of rotatable bonds is 5. The van der Waals surface area contributed by atoms with Crippen molar-refractivity contribution < 1.29 is 13.3 Å². The van der Waals surface area contributed by atoms with Gasteiger partial charge in [0.25, 0.3) is 15.7 Å². The molecule has 9 nitrogen and oxygen atoms in total. The van der Waals surface area contributed by atoms with E-state index in [1.807, 2.05) is 4.57 Å². The molecule has 0 aliphatic carbocycles. The fourth-order valence-corrected chi connectivity index (χ4v) is 5.44. The predicted octanol–water partition coefficient (Wildman–Crippen LogP) is 4.65. The molecular weight excluding hydrogens is 454 g/mol. The van der Waals surface area contributed by atoms with Gasteiger partial charge in [-0.15, -0.1) is 10.2 Å². The molecule has 1 aliphatic rings. The van der Waals surface area contributed by atoms with Gasteiger partial charge in [-0.2, -0.15) is 0 Å². The Hall–Kier alpha value is -2.98. The first-order chi connectivity index (χ1) is 15.2. The zero-order valence-electron chi connectivity index (χ0n) is 17.6. The number of hydrogen-bond acceptors (Lipinski definition) is 6. The Bertz CT molecular complexity index is 1320. The second-order valence-corrected chi connectivity index (χ2v) is 9.90. The summed E-state index contributed by atoms with van der Waals surface area (Å²) in [5, 5.41) is 20.2. The quantitative estimate of drug-likeness (QED) is 0.423. The maximum Gasteiger partial charge on any atom is 0.271 e. The Balaban J connectivity index is 1.73. The Labute approximate surface area is 190 Å². The summed E-state index contributed by atoms with van der Waals surface area (Å²) in [4.78, 5) is 10.5. The molecule has 0 radical (unpaired) electrons. The first kappa shape index (κ1) is 22.2. The number of hydrogen-bond donors (Lipinski definition) is 1. The Morgan fingerprint density at radius 1 is 1.12 bits per heavy atom. The molecule has 1 N–H and O–H groups in total. The highest BCUT2D eigenvalue weighted by molar-refractivity contribution is 7.92. The molecule has 1 aliphatic heterocycles. The van der Waals surface area contributed by atoms with Crippen LogP contribution in [-0.2, 0) is 23.0 Å². The Morgan fingerprint density at radius 3 is 2.66 bits per heavy atom. The number of aromatic nitrogens is 3. The molecule has 32 heavy (non-hydrogen) atoms. The van der Waals surface area contributed by atoms with Gasteiger partial charge in [-0.1, -0.05) is 18.0 Å². The summed E-state index contributed by atoms with van der Waals surface area (Å²) in [6.45, 7) is 4.03. The van der Waals surface area contributed by atoms with E-state index < -0.39 is 14.9 Å².